The first kappa shape index (κ1) is 13.6. The summed E-state index contributed by atoms with van der Waals surface area (Å²) in [5.41, 5.74) is 3.91. The maximum atomic E-state index is 10.3. The van der Waals surface area contributed by atoms with Gasteiger partial charge < -0.3 is 9.84 Å². The van der Waals surface area contributed by atoms with Crippen molar-refractivity contribution in [1.82, 2.24) is 9.78 Å². The molecule has 0 spiro atoms. The van der Waals surface area contributed by atoms with Crippen LogP contribution in [0.2, 0.25) is 0 Å². The predicted molar refractivity (Wildman–Crippen MR) is 74.3 cm³/mol. The second kappa shape index (κ2) is 5.45. The van der Waals surface area contributed by atoms with Crippen molar-refractivity contribution in [1.29, 1.82) is 0 Å². The Balaban J connectivity index is 2.20. The standard InChI is InChI=1S/C15H20N2O2/c1-10-5-6-12(8-15(10)19-4)14(18)9-13-7-11(2)16-17(13)3/h5-8,14,18H,9H2,1-4H3. The van der Waals surface area contributed by atoms with Gasteiger partial charge in [-0.05, 0) is 37.1 Å². The van der Waals surface area contributed by atoms with Gasteiger partial charge in [0.25, 0.3) is 0 Å². The molecule has 0 saturated heterocycles. The highest BCUT2D eigenvalue weighted by atomic mass is 16.5. The van der Waals surface area contributed by atoms with E-state index in [1.54, 1.807) is 7.11 Å². The summed E-state index contributed by atoms with van der Waals surface area (Å²) >= 11 is 0. The zero-order valence-electron chi connectivity index (χ0n) is 11.8. The number of hydrogen-bond donors (Lipinski definition) is 1. The van der Waals surface area contributed by atoms with Crippen molar-refractivity contribution in [3.8, 4) is 5.75 Å². The third-order valence-corrected chi connectivity index (χ3v) is 3.32. The maximum absolute atomic E-state index is 10.3. The molecule has 19 heavy (non-hydrogen) atoms. The van der Waals surface area contributed by atoms with Crippen LogP contribution < -0.4 is 4.74 Å². The molecule has 102 valence electrons. The van der Waals surface area contributed by atoms with Crippen LogP contribution in [0, 0.1) is 13.8 Å². The van der Waals surface area contributed by atoms with Gasteiger partial charge in [-0.1, -0.05) is 12.1 Å². The van der Waals surface area contributed by atoms with E-state index in [4.69, 9.17) is 4.74 Å². The molecule has 0 amide bonds. The molecule has 1 unspecified atom stereocenters. The first-order valence-electron chi connectivity index (χ1n) is 6.33. The first-order chi connectivity index (χ1) is 9.01. The molecule has 1 heterocycles. The van der Waals surface area contributed by atoms with Crippen LogP contribution in [0.1, 0.15) is 28.6 Å². The number of aliphatic hydroxyl groups is 1. The third kappa shape index (κ3) is 2.96. The lowest BCUT2D eigenvalue weighted by Gasteiger charge is -2.13. The van der Waals surface area contributed by atoms with Crippen LogP contribution in [0.3, 0.4) is 0 Å². The molecule has 2 rings (SSSR count). The van der Waals surface area contributed by atoms with E-state index in [2.05, 4.69) is 5.10 Å². The van der Waals surface area contributed by atoms with Crippen LogP contribution in [0.15, 0.2) is 24.3 Å². The highest BCUT2D eigenvalue weighted by Gasteiger charge is 2.13. The summed E-state index contributed by atoms with van der Waals surface area (Å²) in [5.74, 6) is 0.803. The molecule has 1 N–H and O–H groups in total. The average Bonchev–Trinajstić information content (AvgIpc) is 2.68. The molecule has 0 aliphatic rings. The molecule has 0 saturated carbocycles. The van der Waals surface area contributed by atoms with Gasteiger partial charge in [0.2, 0.25) is 0 Å². The minimum absolute atomic E-state index is 0.545. The summed E-state index contributed by atoms with van der Waals surface area (Å²) < 4.78 is 7.09. The van der Waals surface area contributed by atoms with Gasteiger partial charge in [-0.3, -0.25) is 4.68 Å². The Kier molecular flexibility index (Phi) is 3.90. The number of benzene rings is 1. The molecule has 0 fully saturated rings. The van der Waals surface area contributed by atoms with Gasteiger partial charge in [0.05, 0.1) is 18.9 Å². The third-order valence-electron chi connectivity index (χ3n) is 3.32. The molecular formula is C15H20N2O2. The number of methoxy groups -OCH3 is 1. The number of aryl methyl sites for hydroxylation is 3. The quantitative estimate of drug-likeness (QED) is 0.917. The van der Waals surface area contributed by atoms with Crippen molar-refractivity contribution in [2.45, 2.75) is 26.4 Å². The summed E-state index contributed by atoms with van der Waals surface area (Å²) in [4.78, 5) is 0. The van der Waals surface area contributed by atoms with Crippen molar-refractivity contribution in [2.75, 3.05) is 7.11 Å². The SMILES string of the molecule is COc1cc(C(O)Cc2cc(C)nn2C)ccc1C. The molecule has 1 aromatic heterocycles. The van der Waals surface area contributed by atoms with E-state index < -0.39 is 6.10 Å². The summed E-state index contributed by atoms with van der Waals surface area (Å²) in [6.07, 6.45) is -0.00638. The normalized spacial score (nSPS) is 12.5. The van der Waals surface area contributed by atoms with E-state index in [1.807, 2.05) is 49.8 Å². The lowest BCUT2D eigenvalue weighted by atomic mass is 10.0. The van der Waals surface area contributed by atoms with Gasteiger partial charge in [0.15, 0.2) is 0 Å². The van der Waals surface area contributed by atoms with Gasteiger partial charge in [-0.2, -0.15) is 5.10 Å². The molecule has 0 bridgehead atoms. The van der Waals surface area contributed by atoms with E-state index in [0.29, 0.717) is 6.42 Å². The molecule has 1 atom stereocenters. The number of nitrogens with zero attached hydrogens (tertiary/aromatic N) is 2. The van der Waals surface area contributed by atoms with E-state index in [1.165, 1.54) is 0 Å². The van der Waals surface area contributed by atoms with Crippen molar-refractivity contribution in [3.63, 3.8) is 0 Å². The predicted octanol–water partition coefficient (Wildman–Crippen LogP) is 2.32. The summed E-state index contributed by atoms with van der Waals surface area (Å²) in [6.45, 7) is 3.93. The Morgan fingerprint density at radius 2 is 2.05 bits per heavy atom. The Labute approximate surface area is 113 Å². The molecule has 0 aliphatic heterocycles. The number of rotatable bonds is 4. The van der Waals surface area contributed by atoms with Crippen molar-refractivity contribution < 1.29 is 9.84 Å². The zero-order chi connectivity index (χ0) is 14.0. The Morgan fingerprint density at radius 1 is 1.32 bits per heavy atom. The van der Waals surface area contributed by atoms with Crippen molar-refractivity contribution in [2.24, 2.45) is 7.05 Å². The Morgan fingerprint density at radius 3 is 2.63 bits per heavy atom. The highest BCUT2D eigenvalue weighted by molar-refractivity contribution is 5.37. The number of ether oxygens (including phenoxy) is 1. The minimum Gasteiger partial charge on any atom is -0.496 e. The maximum Gasteiger partial charge on any atom is 0.122 e. The van der Waals surface area contributed by atoms with E-state index in [0.717, 1.165) is 28.3 Å². The number of hydrogen-bond acceptors (Lipinski definition) is 3. The second-order valence-electron chi connectivity index (χ2n) is 4.85. The fraction of sp³-hybridized carbons (Fsp3) is 0.400. The lowest BCUT2D eigenvalue weighted by molar-refractivity contribution is 0.175. The smallest absolute Gasteiger partial charge is 0.122 e. The number of aliphatic hydroxyl groups excluding tert-OH is 1. The molecule has 4 nitrogen and oxygen atoms in total. The van der Waals surface area contributed by atoms with Gasteiger partial charge in [0.1, 0.15) is 5.75 Å². The average molecular weight is 260 g/mol. The molecule has 4 heteroatoms. The molecule has 0 radical (unpaired) electrons. The highest BCUT2D eigenvalue weighted by Crippen LogP contribution is 2.25. The van der Waals surface area contributed by atoms with Crippen LogP contribution in [0.25, 0.3) is 0 Å². The summed E-state index contributed by atoms with van der Waals surface area (Å²) in [6, 6.07) is 7.79. The molecule has 0 aliphatic carbocycles. The summed E-state index contributed by atoms with van der Waals surface area (Å²) in [5, 5.41) is 14.6. The van der Waals surface area contributed by atoms with Crippen LogP contribution in [0.4, 0.5) is 0 Å². The van der Waals surface area contributed by atoms with Gasteiger partial charge in [0, 0.05) is 19.2 Å². The zero-order valence-corrected chi connectivity index (χ0v) is 11.8. The van der Waals surface area contributed by atoms with Crippen LogP contribution in [-0.4, -0.2) is 22.0 Å². The molecule has 1 aromatic carbocycles. The lowest BCUT2D eigenvalue weighted by Crippen LogP contribution is -2.06. The van der Waals surface area contributed by atoms with Crippen LogP contribution in [-0.2, 0) is 13.5 Å². The largest absolute Gasteiger partial charge is 0.496 e. The van der Waals surface area contributed by atoms with Crippen LogP contribution in [0.5, 0.6) is 5.75 Å². The fourth-order valence-corrected chi connectivity index (χ4v) is 2.22. The summed E-state index contributed by atoms with van der Waals surface area (Å²) in [7, 11) is 3.54. The fourth-order valence-electron chi connectivity index (χ4n) is 2.22. The monoisotopic (exact) mass is 260 g/mol. The topological polar surface area (TPSA) is 47.3 Å². The van der Waals surface area contributed by atoms with E-state index >= 15 is 0 Å². The Hall–Kier alpha value is -1.81. The number of aromatic nitrogens is 2. The van der Waals surface area contributed by atoms with E-state index in [-0.39, 0.29) is 0 Å². The van der Waals surface area contributed by atoms with Crippen molar-refractivity contribution in [3.05, 3.63) is 46.8 Å². The molecular weight excluding hydrogens is 240 g/mol. The van der Waals surface area contributed by atoms with Gasteiger partial charge >= 0.3 is 0 Å². The van der Waals surface area contributed by atoms with Gasteiger partial charge in [-0.25, -0.2) is 0 Å². The molecule has 2 aromatic rings. The van der Waals surface area contributed by atoms with E-state index in [9.17, 15) is 5.11 Å². The Bertz CT molecular complexity index is 576. The van der Waals surface area contributed by atoms with Crippen molar-refractivity contribution >= 4 is 0 Å². The van der Waals surface area contributed by atoms with Crippen LogP contribution >= 0.6 is 0 Å². The minimum atomic E-state index is -0.552. The van der Waals surface area contributed by atoms with Gasteiger partial charge in [-0.15, -0.1) is 0 Å². The second-order valence-corrected chi connectivity index (χ2v) is 4.85. The first-order valence-corrected chi connectivity index (χ1v) is 6.33.